The van der Waals surface area contributed by atoms with Gasteiger partial charge in [0.15, 0.2) is 0 Å². The zero-order valence-electron chi connectivity index (χ0n) is 10.5. The van der Waals surface area contributed by atoms with Gasteiger partial charge in [0.2, 0.25) is 0 Å². The van der Waals surface area contributed by atoms with Crippen LogP contribution < -0.4 is 5.32 Å². The van der Waals surface area contributed by atoms with E-state index in [2.05, 4.69) is 26.1 Å². The molecule has 1 heterocycles. The zero-order chi connectivity index (χ0) is 12.0. The Morgan fingerprint density at radius 2 is 2.25 bits per heavy atom. The monoisotopic (exact) mass is 229 g/mol. The number of carbonyl (C=O) groups is 1. The van der Waals surface area contributed by atoms with Crippen molar-refractivity contribution in [3.05, 3.63) is 0 Å². The van der Waals surface area contributed by atoms with E-state index in [1.54, 1.807) is 0 Å². The molecule has 0 spiro atoms. The SMILES string of the molecule is CC(C)(C)CCOC(=O)CC1CNCCO1. The molecule has 1 N–H and O–H groups in total. The van der Waals surface area contributed by atoms with E-state index in [0.29, 0.717) is 19.6 Å². The summed E-state index contributed by atoms with van der Waals surface area (Å²) in [4.78, 5) is 11.5. The molecule has 0 aromatic rings. The third-order valence-electron chi connectivity index (χ3n) is 2.51. The van der Waals surface area contributed by atoms with E-state index >= 15 is 0 Å². The normalized spacial score (nSPS) is 21.8. The van der Waals surface area contributed by atoms with Crippen LogP contribution in [0.15, 0.2) is 0 Å². The summed E-state index contributed by atoms with van der Waals surface area (Å²) >= 11 is 0. The highest BCUT2D eigenvalue weighted by atomic mass is 16.5. The largest absolute Gasteiger partial charge is 0.466 e. The molecule has 1 rings (SSSR count). The Labute approximate surface area is 97.7 Å². The number of ether oxygens (including phenoxy) is 2. The minimum atomic E-state index is -0.155. The fraction of sp³-hybridized carbons (Fsp3) is 0.917. The van der Waals surface area contributed by atoms with Gasteiger partial charge < -0.3 is 14.8 Å². The van der Waals surface area contributed by atoms with Crippen LogP contribution in [0.1, 0.15) is 33.6 Å². The van der Waals surface area contributed by atoms with Gasteiger partial charge in [-0.3, -0.25) is 4.79 Å². The van der Waals surface area contributed by atoms with Crippen LogP contribution in [0.3, 0.4) is 0 Å². The molecule has 1 atom stereocenters. The van der Waals surface area contributed by atoms with Crippen LogP contribution >= 0.6 is 0 Å². The van der Waals surface area contributed by atoms with Gasteiger partial charge >= 0.3 is 5.97 Å². The number of carbonyl (C=O) groups excluding carboxylic acids is 1. The van der Waals surface area contributed by atoms with Crippen molar-refractivity contribution in [2.45, 2.75) is 39.7 Å². The van der Waals surface area contributed by atoms with E-state index in [4.69, 9.17) is 9.47 Å². The van der Waals surface area contributed by atoms with Crippen molar-refractivity contribution in [1.82, 2.24) is 5.32 Å². The Hall–Kier alpha value is -0.610. The van der Waals surface area contributed by atoms with Crippen LogP contribution in [-0.4, -0.2) is 38.4 Å². The Balaban J connectivity index is 2.10. The van der Waals surface area contributed by atoms with Crippen LogP contribution in [0.5, 0.6) is 0 Å². The molecule has 1 aliphatic rings. The van der Waals surface area contributed by atoms with Gasteiger partial charge in [-0.2, -0.15) is 0 Å². The topological polar surface area (TPSA) is 47.6 Å². The Kier molecular flexibility index (Phi) is 5.22. The standard InChI is InChI=1S/C12H23NO3/c1-12(2,3)4-6-16-11(14)8-10-9-13-5-7-15-10/h10,13H,4-9H2,1-3H3. The average Bonchev–Trinajstić information content (AvgIpc) is 2.17. The maximum Gasteiger partial charge on any atom is 0.308 e. The smallest absolute Gasteiger partial charge is 0.308 e. The number of hydrogen-bond donors (Lipinski definition) is 1. The summed E-state index contributed by atoms with van der Waals surface area (Å²) in [6.07, 6.45) is 1.23. The van der Waals surface area contributed by atoms with Crippen LogP contribution in [0.4, 0.5) is 0 Å². The second kappa shape index (κ2) is 6.21. The first-order chi connectivity index (χ1) is 7.47. The first-order valence-corrected chi connectivity index (χ1v) is 5.95. The van der Waals surface area contributed by atoms with E-state index in [1.165, 1.54) is 0 Å². The maximum atomic E-state index is 11.5. The summed E-state index contributed by atoms with van der Waals surface area (Å²) in [6.45, 7) is 9.20. The van der Waals surface area contributed by atoms with Gasteiger partial charge in [-0.1, -0.05) is 20.8 Å². The lowest BCUT2D eigenvalue weighted by molar-refractivity contribution is -0.147. The van der Waals surface area contributed by atoms with Crippen molar-refractivity contribution in [2.24, 2.45) is 5.41 Å². The van der Waals surface area contributed by atoms with Crippen LogP contribution in [0.2, 0.25) is 0 Å². The predicted molar refractivity (Wildman–Crippen MR) is 62.3 cm³/mol. The summed E-state index contributed by atoms with van der Waals surface area (Å²) in [5, 5.41) is 3.19. The van der Waals surface area contributed by atoms with Crippen molar-refractivity contribution in [3.8, 4) is 0 Å². The highest BCUT2D eigenvalue weighted by Gasteiger charge is 2.18. The van der Waals surface area contributed by atoms with Gasteiger partial charge in [0.05, 0.1) is 25.7 Å². The molecule has 0 saturated carbocycles. The number of esters is 1. The summed E-state index contributed by atoms with van der Waals surface area (Å²) in [6, 6.07) is 0. The van der Waals surface area contributed by atoms with E-state index < -0.39 is 0 Å². The number of nitrogens with one attached hydrogen (secondary N) is 1. The van der Waals surface area contributed by atoms with Crippen molar-refractivity contribution in [3.63, 3.8) is 0 Å². The van der Waals surface area contributed by atoms with E-state index in [1.807, 2.05) is 0 Å². The van der Waals surface area contributed by atoms with Gasteiger partial charge in [-0.25, -0.2) is 0 Å². The lowest BCUT2D eigenvalue weighted by atomic mass is 9.93. The molecule has 4 heteroatoms. The fourth-order valence-electron chi connectivity index (χ4n) is 1.47. The first-order valence-electron chi connectivity index (χ1n) is 5.95. The molecule has 0 aromatic carbocycles. The maximum absolute atomic E-state index is 11.5. The molecule has 4 nitrogen and oxygen atoms in total. The van der Waals surface area contributed by atoms with Crippen molar-refractivity contribution in [1.29, 1.82) is 0 Å². The number of rotatable bonds is 4. The van der Waals surface area contributed by atoms with Crippen molar-refractivity contribution in [2.75, 3.05) is 26.3 Å². The Bertz CT molecular complexity index is 217. The summed E-state index contributed by atoms with van der Waals surface area (Å²) in [7, 11) is 0. The highest BCUT2D eigenvalue weighted by Crippen LogP contribution is 2.18. The lowest BCUT2D eigenvalue weighted by Gasteiger charge is -2.23. The van der Waals surface area contributed by atoms with Gasteiger partial charge in [0.1, 0.15) is 0 Å². The molecule has 16 heavy (non-hydrogen) atoms. The lowest BCUT2D eigenvalue weighted by Crippen LogP contribution is -2.39. The zero-order valence-corrected chi connectivity index (χ0v) is 10.5. The average molecular weight is 229 g/mol. The van der Waals surface area contributed by atoms with Gasteiger partial charge in [0.25, 0.3) is 0 Å². The molecule has 1 aliphatic heterocycles. The summed E-state index contributed by atoms with van der Waals surface area (Å²) in [5.41, 5.74) is 0.211. The quantitative estimate of drug-likeness (QED) is 0.739. The molecule has 1 fully saturated rings. The van der Waals surface area contributed by atoms with Crippen molar-refractivity contribution >= 4 is 5.97 Å². The summed E-state index contributed by atoms with van der Waals surface area (Å²) in [5.74, 6) is -0.155. The van der Waals surface area contributed by atoms with Gasteiger partial charge in [-0.15, -0.1) is 0 Å². The molecule has 0 radical (unpaired) electrons. The van der Waals surface area contributed by atoms with E-state index in [-0.39, 0.29) is 17.5 Å². The molecule has 0 amide bonds. The third-order valence-corrected chi connectivity index (χ3v) is 2.51. The minimum absolute atomic E-state index is 0.0177. The highest BCUT2D eigenvalue weighted by molar-refractivity contribution is 5.70. The van der Waals surface area contributed by atoms with Crippen molar-refractivity contribution < 1.29 is 14.3 Å². The first kappa shape index (κ1) is 13.5. The van der Waals surface area contributed by atoms with Gasteiger partial charge in [-0.05, 0) is 11.8 Å². The molecule has 0 aliphatic carbocycles. The van der Waals surface area contributed by atoms with Crippen LogP contribution in [0, 0.1) is 5.41 Å². The molecule has 94 valence electrons. The third kappa shape index (κ3) is 6.08. The molecule has 0 aromatic heterocycles. The molecule has 0 bridgehead atoms. The van der Waals surface area contributed by atoms with Crippen LogP contribution in [0.25, 0.3) is 0 Å². The van der Waals surface area contributed by atoms with E-state index in [9.17, 15) is 4.79 Å². The fourth-order valence-corrected chi connectivity index (χ4v) is 1.47. The number of hydrogen-bond acceptors (Lipinski definition) is 4. The molecule has 1 saturated heterocycles. The van der Waals surface area contributed by atoms with Crippen LogP contribution in [-0.2, 0) is 14.3 Å². The Morgan fingerprint density at radius 3 is 2.81 bits per heavy atom. The Morgan fingerprint density at radius 1 is 1.50 bits per heavy atom. The number of morpholine rings is 1. The van der Waals surface area contributed by atoms with Gasteiger partial charge in [0, 0.05) is 13.1 Å². The summed E-state index contributed by atoms with van der Waals surface area (Å²) < 4.78 is 10.6. The second-order valence-corrected chi connectivity index (χ2v) is 5.43. The molecule has 1 unspecified atom stereocenters. The minimum Gasteiger partial charge on any atom is -0.466 e. The molecular weight excluding hydrogens is 206 g/mol. The second-order valence-electron chi connectivity index (χ2n) is 5.43. The predicted octanol–water partition coefficient (Wildman–Crippen LogP) is 1.34. The molecular formula is C12H23NO3. The van der Waals surface area contributed by atoms with E-state index in [0.717, 1.165) is 19.5 Å².